The first kappa shape index (κ1) is 31.4. The summed E-state index contributed by atoms with van der Waals surface area (Å²) in [5, 5.41) is 1.65. The SMILES string of the molecule is ClC1=CC2=C(CC1)C(c1ccc(-c3ccccc3)cc1)(c1ccc(-c3ccccc3)cc1)c1ccc3c(c12)N(c1ccccc1Cl)C1C=CC=CC31. The highest BCUT2D eigenvalue weighted by atomic mass is 35.5. The Balaban J connectivity index is 1.27. The average Bonchev–Trinajstić information content (AvgIpc) is 3.69. The van der Waals surface area contributed by atoms with Gasteiger partial charge in [0.2, 0.25) is 0 Å². The second-order valence-electron chi connectivity index (χ2n) is 14.2. The van der Waals surface area contributed by atoms with Gasteiger partial charge in [0, 0.05) is 16.5 Å². The van der Waals surface area contributed by atoms with Crippen molar-refractivity contribution in [2.75, 3.05) is 4.90 Å². The van der Waals surface area contributed by atoms with E-state index in [0.717, 1.165) is 28.6 Å². The number of allylic oxidation sites excluding steroid dienone is 6. The summed E-state index contributed by atoms with van der Waals surface area (Å²) in [7, 11) is 0. The maximum Gasteiger partial charge on any atom is 0.0677 e. The van der Waals surface area contributed by atoms with Crippen molar-refractivity contribution in [3.63, 3.8) is 0 Å². The maximum atomic E-state index is 7.06. The first-order chi connectivity index (χ1) is 25.6. The number of fused-ring (bicyclic) bond motifs is 6. The molecule has 1 heterocycles. The van der Waals surface area contributed by atoms with Gasteiger partial charge in [-0.05, 0) is 86.7 Å². The fraction of sp³-hybridized carbons (Fsp3) is 0.102. The summed E-state index contributed by atoms with van der Waals surface area (Å²) >= 11 is 14.1. The Morgan fingerprint density at radius 2 is 1.13 bits per heavy atom. The van der Waals surface area contributed by atoms with Gasteiger partial charge in [0.1, 0.15) is 0 Å². The zero-order valence-electron chi connectivity index (χ0n) is 28.5. The molecule has 0 bridgehead atoms. The Bertz CT molecular complexity index is 2390. The standard InChI is InChI=1S/C49H35Cl2N/c50-38-27-29-42-41(31-38)47-43(30-28-40-39-15-7-9-17-45(39)52(48(40)47)46-18-10-8-16-44(46)51)49(42,36-23-19-34(20-24-36)32-11-3-1-4-12-32)37-25-21-35(22-26-37)33-13-5-2-6-14-33/h1-26,28,30-31,39,45H,27,29H2. The molecule has 6 aromatic rings. The van der Waals surface area contributed by atoms with E-state index >= 15 is 0 Å². The van der Waals surface area contributed by atoms with Gasteiger partial charge in [-0.15, -0.1) is 0 Å². The van der Waals surface area contributed by atoms with Gasteiger partial charge in [-0.25, -0.2) is 0 Å². The van der Waals surface area contributed by atoms with E-state index < -0.39 is 5.41 Å². The molecule has 0 saturated heterocycles. The summed E-state index contributed by atoms with van der Waals surface area (Å²) in [4.78, 5) is 2.50. The average molecular weight is 709 g/mol. The van der Waals surface area contributed by atoms with E-state index in [1.807, 2.05) is 12.1 Å². The van der Waals surface area contributed by atoms with E-state index in [2.05, 4.69) is 169 Å². The normalized spacial score (nSPS) is 19.2. The van der Waals surface area contributed by atoms with Crippen LogP contribution in [-0.4, -0.2) is 6.04 Å². The molecule has 250 valence electrons. The van der Waals surface area contributed by atoms with Crippen LogP contribution in [0, 0.1) is 0 Å². The Morgan fingerprint density at radius 3 is 1.77 bits per heavy atom. The Morgan fingerprint density at radius 1 is 0.558 bits per heavy atom. The second kappa shape index (κ2) is 12.4. The molecule has 0 radical (unpaired) electrons. The molecule has 0 fully saturated rings. The summed E-state index contributed by atoms with van der Waals surface area (Å²) in [5.41, 5.74) is 15.6. The summed E-state index contributed by atoms with van der Waals surface area (Å²) < 4.78 is 0. The lowest BCUT2D eigenvalue weighted by Gasteiger charge is -2.37. The highest BCUT2D eigenvalue weighted by Crippen LogP contribution is 2.63. The van der Waals surface area contributed by atoms with Crippen molar-refractivity contribution in [1.29, 1.82) is 0 Å². The molecule has 2 atom stereocenters. The van der Waals surface area contributed by atoms with Crippen molar-refractivity contribution in [1.82, 2.24) is 0 Å². The minimum atomic E-state index is -0.524. The Hall–Kier alpha value is -5.34. The topological polar surface area (TPSA) is 3.24 Å². The number of hydrogen-bond donors (Lipinski definition) is 0. The van der Waals surface area contributed by atoms with Crippen LogP contribution in [0.5, 0.6) is 0 Å². The molecule has 0 amide bonds. The van der Waals surface area contributed by atoms with Crippen LogP contribution in [-0.2, 0) is 5.41 Å². The quantitative estimate of drug-likeness (QED) is 0.172. The minimum Gasteiger partial charge on any atom is -0.332 e. The van der Waals surface area contributed by atoms with Crippen molar-refractivity contribution in [2.45, 2.75) is 30.2 Å². The fourth-order valence-electron chi connectivity index (χ4n) is 9.31. The van der Waals surface area contributed by atoms with Crippen LogP contribution in [0.4, 0.5) is 11.4 Å². The van der Waals surface area contributed by atoms with E-state index in [0.29, 0.717) is 0 Å². The van der Waals surface area contributed by atoms with Gasteiger partial charge in [-0.3, -0.25) is 0 Å². The third-order valence-electron chi connectivity index (χ3n) is 11.5. The number of rotatable bonds is 5. The summed E-state index contributed by atoms with van der Waals surface area (Å²) in [6, 6.07) is 53.1. The molecule has 52 heavy (non-hydrogen) atoms. The number of hydrogen-bond acceptors (Lipinski definition) is 1. The zero-order valence-corrected chi connectivity index (χ0v) is 30.0. The van der Waals surface area contributed by atoms with Crippen molar-refractivity contribution < 1.29 is 0 Å². The third-order valence-corrected chi connectivity index (χ3v) is 12.2. The molecule has 0 spiro atoms. The van der Waals surface area contributed by atoms with Crippen LogP contribution in [0.1, 0.15) is 46.6 Å². The van der Waals surface area contributed by atoms with Gasteiger partial charge < -0.3 is 4.90 Å². The van der Waals surface area contributed by atoms with E-state index in [-0.39, 0.29) is 12.0 Å². The molecule has 4 aliphatic rings. The van der Waals surface area contributed by atoms with Gasteiger partial charge in [-0.2, -0.15) is 0 Å². The zero-order chi connectivity index (χ0) is 34.8. The predicted molar refractivity (Wildman–Crippen MR) is 219 cm³/mol. The lowest BCUT2D eigenvalue weighted by molar-refractivity contribution is 0.694. The monoisotopic (exact) mass is 707 g/mol. The predicted octanol–water partition coefficient (Wildman–Crippen LogP) is 13.4. The highest BCUT2D eigenvalue weighted by molar-refractivity contribution is 6.33. The smallest absolute Gasteiger partial charge is 0.0677 e. The summed E-state index contributed by atoms with van der Waals surface area (Å²) in [6.45, 7) is 0. The molecule has 10 rings (SSSR count). The number of para-hydroxylation sites is 1. The number of halogens is 2. The van der Waals surface area contributed by atoms with E-state index in [4.69, 9.17) is 23.2 Å². The Kier molecular flexibility index (Phi) is 7.49. The van der Waals surface area contributed by atoms with Crippen molar-refractivity contribution in [3.8, 4) is 22.3 Å². The van der Waals surface area contributed by atoms with Crippen LogP contribution in [0.2, 0.25) is 5.02 Å². The van der Waals surface area contributed by atoms with Crippen molar-refractivity contribution >= 4 is 40.1 Å². The molecule has 3 heteroatoms. The van der Waals surface area contributed by atoms with Crippen molar-refractivity contribution in [2.24, 2.45) is 0 Å². The van der Waals surface area contributed by atoms with Crippen LogP contribution in [0.15, 0.2) is 187 Å². The van der Waals surface area contributed by atoms with Crippen molar-refractivity contribution in [3.05, 3.63) is 219 Å². The molecule has 1 aliphatic heterocycles. The lowest BCUT2D eigenvalue weighted by Crippen LogP contribution is -2.31. The second-order valence-corrected chi connectivity index (χ2v) is 15.0. The molecule has 3 aliphatic carbocycles. The molecule has 6 aromatic carbocycles. The summed E-state index contributed by atoms with van der Waals surface area (Å²) in [5.74, 6) is 0.207. The molecule has 2 unspecified atom stereocenters. The van der Waals surface area contributed by atoms with Gasteiger partial charge in [0.25, 0.3) is 0 Å². The molecule has 0 saturated carbocycles. The van der Waals surface area contributed by atoms with Gasteiger partial charge in [0.15, 0.2) is 0 Å². The maximum absolute atomic E-state index is 7.06. The molecular formula is C49H35Cl2N. The third kappa shape index (κ3) is 4.69. The fourth-order valence-corrected chi connectivity index (χ4v) is 9.74. The van der Waals surface area contributed by atoms with Crippen LogP contribution < -0.4 is 4.90 Å². The Labute approximate surface area is 315 Å². The van der Waals surface area contributed by atoms with Gasteiger partial charge >= 0.3 is 0 Å². The van der Waals surface area contributed by atoms with E-state index in [9.17, 15) is 0 Å². The van der Waals surface area contributed by atoms with Gasteiger partial charge in [0.05, 0.1) is 27.9 Å². The molecule has 0 N–H and O–H groups in total. The number of anilines is 2. The minimum absolute atomic E-state index is 0.115. The molecular weight excluding hydrogens is 673 g/mol. The lowest BCUT2D eigenvalue weighted by atomic mass is 9.65. The van der Waals surface area contributed by atoms with Crippen LogP contribution in [0.25, 0.3) is 27.8 Å². The van der Waals surface area contributed by atoms with Crippen LogP contribution >= 0.6 is 23.2 Å². The van der Waals surface area contributed by atoms with E-state index in [1.165, 1.54) is 66.9 Å². The first-order valence-corrected chi connectivity index (χ1v) is 18.9. The summed E-state index contributed by atoms with van der Waals surface area (Å²) in [6.07, 6.45) is 13.0. The molecule has 1 nitrogen and oxygen atoms in total. The largest absolute Gasteiger partial charge is 0.332 e. The van der Waals surface area contributed by atoms with E-state index in [1.54, 1.807) is 0 Å². The van der Waals surface area contributed by atoms with Gasteiger partial charge in [-0.1, -0.05) is 181 Å². The number of benzene rings is 6. The van der Waals surface area contributed by atoms with Crippen LogP contribution in [0.3, 0.4) is 0 Å². The highest BCUT2D eigenvalue weighted by Gasteiger charge is 2.51. The first-order valence-electron chi connectivity index (χ1n) is 18.1. The number of nitrogens with zero attached hydrogens (tertiary/aromatic N) is 1. The molecule has 0 aromatic heterocycles.